The summed E-state index contributed by atoms with van der Waals surface area (Å²) in [6.45, 7) is 0.0748. The number of benzene rings is 1. The molecule has 3 rings (SSSR count). The van der Waals surface area contributed by atoms with Crippen molar-refractivity contribution in [3.63, 3.8) is 0 Å². The largest absolute Gasteiger partial charge is 0.496 e. The summed E-state index contributed by atoms with van der Waals surface area (Å²) in [5, 5.41) is 0. The number of ether oxygens (including phenoxy) is 1. The van der Waals surface area contributed by atoms with Gasteiger partial charge in [0.2, 0.25) is 11.6 Å². The molecule has 0 spiro atoms. The Balaban J connectivity index is 2.04. The molecule has 0 N–H and O–H groups in total. The van der Waals surface area contributed by atoms with Crippen LogP contribution in [-0.2, 0) is 6.54 Å². The summed E-state index contributed by atoms with van der Waals surface area (Å²) >= 11 is 0. The highest BCUT2D eigenvalue weighted by Gasteiger charge is 2.35. The minimum Gasteiger partial charge on any atom is -0.496 e. The monoisotopic (exact) mass is 326 g/mol. The third-order valence-electron chi connectivity index (χ3n) is 3.78. The molecule has 7 heteroatoms. The number of anilines is 1. The number of rotatable bonds is 5. The second-order valence-corrected chi connectivity index (χ2v) is 5.34. The Labute approximate surface area is 130 Å². The maximum Gasteiger partial charge on any atom is 0.253 e. The van der Waals surface area contributed by atoms with Crippen LogP contribution in [0.3, 0.4) is 0 Å². The van der Waals surface area contributed by atoms with Gasteiger partial charge >= 0.3 is 0 Å². The lowest BCUT2D eigenvalue weighted by molar-refractivity contribution is 0.401. The highest BCUT2D eigenvalue weighted by molar-refractivity contribution is 5.52. The predicted molar refractivity (Wildman–Crippen MR) is 76.3 cm³/mol. The summed E-state index contributed by atoms with van der Waals surface area (Å²) in [6, 6.07) is 6.78. The van der Waals surface area contributed by atoms with Gasteiger partial charge in [0, 0.05) is 18.2 Å². The van der Waals surface area contributed by atoms with Crippen molar-refractivity contribution in [1.82, 2.24) is 4.98 Å². The van der Waals surface area contributed by atoms with Crippen LogP contribution in [0.5, 0.6) is 5.75 Å². The number of aromatic nitrogens is 1. The van der Waals surface area contributed by atoms with E-state index in [1.807, 2.05) is 0 Å². The SMILES string of the molecule is COc1ccccc1CN(c1c(F)c(F)nc(F)c1F)C1CC1. The Morgan fingerprint density at radius 1 is 1.09 bits per heavy atom. The average molecular weight is 326 g/mol. The molecule has 1 heterocycles. The van der Waals surface area contributed by atoms with Crippen molar-refractivity contribution in [3.05, 3.63) is 53.4 Å². The maximum absolute atomic E-state index is 14.0. The molecular weight excluding hydrogens is 312 g/mol. The number of halogens is 4. The molecule has 1 aliphatic carbocycles. The van der Waals surface area contributed by atoms with Gasteiger partial charge in [-0.15, -0.1) is 0 Å². The molecule has 23 heavy (non-hydrogen) atoms. The molecule has 0 bridgehead atoms. The first-order chi connectivity index (χ1) is 11.0. The highest BCUT2D eigenvalue weighted by atomic mass is 19.2. The van der Waals surface area contributed by atoms with E-state index in [9.17, 15) is 17.6 Å². The lowest BCUT2D eigenvalue weighted by Gasteiger charge is -2.26. The lowest BCUT2D eigenvalue weighted by Crippen LogP contribution is -2.28. The van der Waals surface area contributed by atoms with E-state index >= 15 is 0 Å². The molecule has 0 aliphatic heterocycles. The van der Waals surface area contributed by atoms with E-state index < -0.39 is 29.2 Å². The second-order valence-electron chi connectivity index (χ2n) is 5.34. The minimum absolute atomic E-state index is 0.0748. The Morgan fingerprint density at radius 3 is 2.26 bits per heavy atom. The lowest BCUT2D eigenvalue weighted by atomic mass is 10.1. The fraction of sp³-hybridized carbons (Fsp3) is 0.312. The number of hydrogen-bond donors (Lipinski definition) is 0. The predicted octanol–water partition coefficient (Wildman–Crippen LogP) is 3.82. The molecule has 0 radical (unpaired) electrons. The molecule has 1 aromatic carbocycles. The summed E-state index contributed by atoms with van der Waals surface area (Å²) < 4.78 is 60.1. The van der Waals surface area contributed by atoms with E-state index in [2.05, 4.69) is 4.98 Å². The van der Waals surface area contributed by atoms with Crippen LogP contribution in [0.2, 0.25) is 0 Å². The van der Waals surface area contributed by atoms with Gasteiger partial charge in [-0.25, -0.2) is 0 Å². The van der Waals surface area contributed by atoms with Crippen molar-refractivity contribution in [2.45, 2.75) is 25.4 Å². The minimum atomic E-state index is -1.65. The molecule has 1 aromatic heterocycles. The second kappa shape index (κ2) is 6.06. The Hall–Kier alpha value is -2.31. The average Bonchev–Trinajstić information content (AvgIpc) is 3.37. The van der Waals surface area contributed by atoms with E-state index in [0.29, 0.717) is 24.2 Å². The molecular formula is C16H14F4N2O. The molecule has 0 saturated heterocycles. The molecule has 1 fully saturated rings. The number of nitrogens with zero attached hydrogens (tertiary/aromatic N) is 2. The van der Waals surface area contributed by atoms with E-state index in [1.54, 1.807) is 24.3 Å². The van der Waals surface area contributed by atoms with Crippen LogP contribution in [-0.4, -0.2) is 18.1 Å². The number of para-hydroxylation sites is 1. The Kier molecular flexibility index (Phi) is 4.11. The van der Waals surface area contributed by atoms with Crippen LogP contribution in [0.1, 0.15) is 18.4 Å². The van der Waals surface area contributed by atoms with Gasteiger partial charge in [0.05, 0.1) is 7.11 Å². The Bertz CT molecular complexity index is 708. The first-order valence-corrected chi connectivity index (χ1v) is 7.11. The van der Waals surface area contributed by atoms with Gasteiger partial charge < -0.3 is 9.64 Å². The van der Waals surface area contributed by atoms with Crippen LogP contribution in [0, 0.1) is 23.5 Å². The summed E-state index contributed by atoms with van der Waals surface area (Å²) in [4.78, 5) is 3.93. The van der Waals surface area contributed by atoms with E-state index in [-0.39, 0.29) is 12.6 Å². The summed E-state index contributed by atoms with van der Waals surface area (Å²) in [7, 11) is 1.48. The third-order valence-corrected chi connectivity index (χ3v) is 3.78. The molecule has 122 valence electrons. The van der Waals surface area contributed by atoms with Gasteiger partial charge in [0.25, 0.3) is 11.9 Å². The number of pyridine rings is 1. The number of hydrogen-bond acceptors (Lipinski definition) is 3. The Morgan fingerprint density at radius 2 is 1.70 bits per heavy atom. The first-order valence-electron chi connectivity index (χ1n) is 7.11. The van der Waals surface area contributed by atoms with Crippen molar-refractivity contribution in [2.75, 3.05) is 12.0 Å². The molecule has 0 amide bonds. The van der Waals surface area contributed by atoms with Gasteiger partial charge in [-0.05, 0) is 18.9 Å². The fourth-order valence-corrected chi connectivity index (χ4v) is 2.52. The zero-order chi connectivity index (χ0) is 16.6. The van der Waals surface area contributed by atoms with E-state index in [1.165, 1.54) is 12.0 Å². The van der Waals surface area contributed by atoms with E-state index in [4.69, 9.17) is 4.74 Å². The topological polar surface area (TPSA) is 25.4 Å². The zero-order valence-electron chi connectivity index (χ0n) is 12.3. The summed E-state index contributed by atoms with van der Waals surface area (Å²) in [5.74, 6) is -5.72. The van der Waals surface area contributed by atoms with Gasteiger partial charge in [-0.1, -0.05) is 18.2 Å². The van der Waals surface area contributed by atoms with Crippen molar-refractivity contribution in [2.24, 2.45) is 0 Å². The van der Waals surface area contributed by atoms with Crippen LogP contribution < -0.4 is 9.64 Å². The molecule has 2 aromatic rings. The van der Waals surface area contributed by atoms with Crippen molar-refractivity contribution < 1.29 is 22.3 Å². The van der Waals surface area contributed by atoms with Gasteiger partial charge in [-0.3, -0.25) is 0 Å². The van der Waals surface area contributed by atoms with E-state index in [0.717, 1.165) is 0 Å². The van der Waals surface area contributed by atoms with Crippen LogP contribution in [0.4, 0.5) is 23.2 Å². The van der Waals surface area contributed by atoms with Gasteiger partial charge in [0.1, 0.15) is 11.4 Å². The van der Waals surface area contributed by atoms with Crippen molar-refractivity contribution in [1.29, 1.82) is 0 Å². The normalized spacial score (nSPS) is 14.0. The van der Waals surface area contributed by atoms with Crippen molar-refractivity contribution >= 4 is 5.69 Å². The molecule has 0 atom stereocenters. The smallest absolute Gasteiger partial charge is 0.253 e. The number of methoxy groups -OCH3 is 1. The quantitative estimate of drug-likeness (QED) is 0.617. The fourth-order valence-electron chi connectivity index (χ4n) is 2.52. The summed E-state index contributed by atoms with van der Waals surface area (Å²) in [5.41, 5.74) is -0.0539. The van der Waals surface area contributed by atoms with Crippen LogP contribution in [0.15, 0.2) is 24.3 Å². The van der Waals surface area contributed by atoms with Crippen LogP contribution in [0.25, 0.3) is 0 Å². The maximum atomic E-state index is 14.0. The highest BCUT2D eigenvalue weighted by Crippen LogP contribution is 2.38. The molecule has 1 aliphatic rings. The zero-order valence-corrected chi connectivity index (χ0v) is 12.3. The van der Waals surface area contributed by atoms with Crippen LogP contribution >= 0.6 is 0 Å². The summed E-state index contributed by atoms with van der Waals surface area (Å²) in [6.07, 6.45) is 1.39. The molecule has 3 nitrogen and oxygen atoms in total. The standard InChI is InChI=1S/C16H14F4N2O/c1-23-11-5-3-2-4-9(11)8-22(10-6-7-10)14-12(17)15(19)21-16(20)13(14)18/h2-5,10H,6-8H2,1H3. The molecule has 1 saturated carbocycles. The first kappa shape index (κ1) is 15.6. The van der Waals surface area contributed by atoms with Gasteiger partial charge in [-0.2, -0.15) is 22.5 Å². The molecule has 0 unspecified atom stereocenters. The van der Waals surface area contributed by atoms with Crippen molar-refractivity contribution in [3.8, 4) is 5.75 Å². The van der Waals surface area contributed by atoms with Gasteiger partial charge in [0.15, 0.2) is 0 Å². The third kappa shape index (κ3) is 2.95.